The van der Waals surface area contributed by atoms with Crippen LogP contribution >= 0.6 is 11.3 Å². The van der Waals surface area contributed by atoms with Gasteiger partial charge < -0.3 is 0 Å². The predicted octanol–water partition coefficient (Wildman–Crippen LogP) is 0.807. The van der Waals surface area contributed by atoms with Gasteiger partial charge in [0.25, 0.3) is 10.0 Å². The first kappa shape index (κ1) is 8.71. The van der Waals surface area contributed by atoms with Crippen LogP contribution in [-0.2, 0) is 10.0 Å². The summed E-state index contributed by atoms with van der Waals surface area (Å²) in [5, 5.41) is 3.41. The van der Waals surface area contributed by atoms with Gasteiger partial charge in [-0.15, -0.1) is 0 Å². The van der Waals surface area contributed by atoms with Crippen LogP contribution in [0.4, 0.5) is 0 Å². The molecule has 0 bridgehead atoms. The molecule has 1 aromatic rings. The van der Waals surface area contributed by atoms with Crippen LogP contribution < -0.4 is 4.72 Å². The van der Waals surface area contributed by atoms with Crippen molar-refractivity contribution in [3.8, 4) is 0 Å². The van der Waals surface area contributed by atoms with Gasteiger partial charge in [0.15, 0.2) is 0 Å². The van der Waals surface area contributed by atoms with Crippen molar-refractivity contribution in [1.29, 1.82) is 0 Å². The minimum Gasteiger partial charge on any atom is -0.268 e. The Labute approximate surface area is 80.4 Å². The molecule has 0 spiro atoms. The Hall–Kier alpha value is -0.880. The van der Waals surface area contributed by atoms with Crippen LogP contribution in [0.5, 0.6) is 0 Å². The molecule has 1 aliphatic heterocycles. The molecule has 1 aromatic heterocycles. The van der Waals surface area contributed by atoms with Gasteiger partial charge in [0.05, 0.1) is 0 Å². The summed E-state index contributed by atoms with van der Waals surface area (Å²) in [5.74, 6) is 0.471. The van der Waals surface area contributed by atoms with E-state index in [0.29, 0.717) is 22.8 Å². The fourth-order valence-electron chi connectivity index (χ4n) is 1.18. The molecular formula is C7H8N2O2S2. The predicted molar refractivity (Wildman–Crippen MR) is 51.7 cm³/mol. The van der Waals surface area contributed by atoms with Crippen LogP contribution in [0, 0.1) is 0 Å². The highest BCUT2D eigenvalue weighted by Crippen LogP contribution is 2.26. The number of nitrogens with zero attached hydrogens (tertiary/aromatic N) is 1. The Morgan fingerprint density at radius 1 is 1.54 bits per heavy atom. The lowest BCUT2D eigenvalue weighted by Gasteiger charge is -1.95. The second-order valence-corrected chi connectivity index (χ2v) is 4.97. The van der Waals surface area contributed by atoms with Gasteiger partial charge in [0, 0.05) is 22.9 Å². The van der Waals surface area contributed by atoms with E-state index in [0.717, 1.165) is 0 Å². The van der Waals surface area contributed by atoms with E-state index in [1.807, 2.05) is 6.92 Å². The maximum Gasteiger partial charge on any atom is 0.264 e. The van der Waals surface area contributed by atoms with Gasteiger partial charge in [0.2, 0.25) is 0 Å². The average molecular weight is 216 g/mol. The molecule has 2 rings (SSSR count). The molecule has 0 amide bonds. The summed E-state index contributed by atoms with van der Waals surface area (Å²) in [6.45, 7) is 2.44. The second-order valence-electron chi connectivity index (χ2n) is 2.58. The van der Waals surface area contributed by atoms with Crippen LogP contribution in [0.15, 0.2) is 20.6 Å². The van der Waals surface area contributed by atoms with Crippen LogP contribution in [0.1, 0.15) is 12.5 Å². The molecule has 13 heavy (non-hydrogen) atoms. The molecule has 0 unspecified atom stereocenters. The molecule has 1 aliphatic rings. The van der Waals surface area contributed by atoms with Crippen molar-refractivity contribution >= 4 is 27.2 Å². The monoisotopic (exact) mass is 216 g/mol. The van der Waals surface area contributed by atoms with Crippen LogP contribution in [-0.4, -0.2) is 20.8 Å². The highest BCUT2D eigenvalue weighted by atomic mass is 32.2. The molecule has 0 saturated heterocycles. The first-order chi connectivity index (χ1) is 6.15. The standard InChI is InChI=1S/C7H8N2O2S2/c1-2-8-7-5-3-12-4-6(5)13(10,11)9-7/h3-4H,2H2,1H3,(H,8,9). The zero-order valence-corrected chi connectivity index (χ0v) is 8.58. The number of thiophene rings is 1. The molecule has 0 aromatic carbocycles. The summed E-state index contributed by atoms with van der Waals surface area (Å²) in [6.07, 6.45) is 0. The van der Waals surface area contributed by atoms with E-state index in [-0.39, 0.29) is 0 Å². The van der Waals surface area contributed by atoms with Gasteiger partial charge in [-0.3, -0.25) is 9.71 Å². The van der Waals surface area contributed by atoms with Crippen LogP contribution in [0.3, 0.4) is 0 Å². The van der Waals surface area contributed by atoms with Crippen molar-refractivity contribution in [1.82, 2.24) is 4.72 Å². The van der Waals surface area contributed by atoms with Crippen molar-refractivity contribution in [2.24, 2.45) is 4.99 Å². The second kappa shape index (κ2) is 2.81. The lowest BCUT2D eigenvalue weighted by molar-refractivity contribution is 0.595. The number of fused-ring (bicyclic) bond motifs is 1. The molecule has 0 saturated carbocycles. The molecule has 0 radical (unpaired) electrons. The fourth-order valence-corrected chi connectivity index (χ4v) is 3.60. The summed E-state index contributed by atoms with van der Waals surface area (Å²) >= 11 is 1.37. The maximum atomic E-state index is 11.4. The number of aliphatic imine (C=N–C) groups is 1. The molecule has 0 atom stereocenters. The number of rotatable bonds is 1. The summed E-state index contributed by atoms with van der Waals surface area (Å²) in [7, 11) is -3.30. The van der Waals surface area contributed by atoms with E-state index in [2.05, 4.69) is 9.71 Å². The normalized spacial score (nSPS) is 21.5. The van der Waals surface area contributed by atoms with Crippen molar-refractivity contribution in [3.05, 3.63) is 16.3 Å². The molecular weight excluding hydrogens is 208 g/mol. The van der Waals surface area contributed by atoms with Gasteiger partial charge in [-0.1, -0.05) is 0 Å². The fraction of sp³-hybridized carbons (Fsp3) is 0.286. The molecule has 70 valence electrons. The van der Waals surface area contributed by atoms with E-state index < -0.39 is 10.0 Å². The van der Waals surface area contributed by atoms with Gasteiger partial charge in [0.1, 0.15) is 10.7 Å². The number of nitrogens with one attached hydrogen (secondary N) is 1. The zero-order valence-electron chi connectivity index (χ0n) is 6.94. The van der Waals surface area contributed by atoms with Gasteiger partial charge in [-0.25, -0.2) is 8.42 Å². The number of sulfonamides is 1. The van der Waals surface area contributed by atoms with Crippen LogP contribution in [0.2, 0.25) is 0 Å². The molecule has 6 heteroatoms. The molecule has 4 nitrogen and oxygen atoms in total. The highest BCUT2D eigenvalue weighted by molar-refractivity contribution is 7.90. The largest absolute Gasteiger partial charge is 0.268 e. The Kier molecular flexibility index (Phi) is 1.88. The van der Waals surface area contributed by atoms with E-state index in [4.69, 9.17) is 0 Å². The summed E-state index contributed by atoms with van der Waals surface area (Å²) < 4.78 is 25.2. The Morgan fingerprint density at radius 3 is 3.00 bits per heavy atom. The van der Waals surface area contributed by atoms with E-state index in [9.17, 15) is 8.42 Å². The number of amidine groups is 1. The lowest BCUT2D eigenvalue weighted by atomic mass is 10.3. The lowest BCUT2D eigenvalue weighted by Crippen LogP contribution is -2.22. The Balaban J connectivity index is 2.62. The van der Waals surface area contributed by atoms with Crippen LogP contribution in [0.25, 0.3) is 0 Å². The topological polar surface area (TPSA) is 58.5 Å². The molecule has 2 heterocycles. The summed E-state index contributed by atoms with van der Waals surface area (Å²) in [5.41, 5.74) is 0.701. The Morgan fingerprint density at radius 2 is 2.31 bits per heavy atom. The quantitative estimate of drug-likeness (QED) is 0.755. The summed E-state index contributed by atoms with van der Waals surface area (Å²) in [6, 6.07) is 0. The third-order valence-corrected chi connectivity index (χ3v) is 3.99. The average Bonchev–Trinajstić information content (AvgIpc) is 2.57. The first-order valence-corrected chi connectivity index (χ1v) is 6.21. The van der Waals surface area contributed by atoms with E-state index >= 15 is 0 Å². The maximum absolute atomic E-state index is 11.4. The van der Waals surface area contributed by atoms with E-state index in [1.54, 1.807) is 10.8 Å². The third kappa shape index (κ3) is 1.26. The minimum absolute atomic E-state index is 0.352. The van der Waals surface area contributed by atoms with Crippen molar-refractivity contribution < 1.29 is 8.42 Å². The van der Waals surface area contributed by atoms with Gasteiger partial charge in [-0.2, -0.15) is 11.3 Å². The van der Waals surface area contributed by atoms with Crippen molar-refractivity contribution in [3.63, 3.8) is 0 Å². The number of hydrogen-bond donors (Lipinski definition) is 1. The van der Waals surface area contributed by atoms with Crippen molar-refractivity contribution in [2.45, 2.75) is 11.8 Å². The SMILES string of the molecule is CCN=C1NS(=O)(=O)c2cscc21. The highest BCUT2D eigenvalue weighted by Gasteiger charge is 2.31. The minimum atomic E-state index is -3.30. The van der Waals surface area contributed by atoms with Crippen molar-refractivity contribution in [2.75, 3.05) is 6.54 Å². The third-order valence-electron chi connectivity index (χ3n) is 1.72. The van der Waals surface area contributed by atoms with Gasteiger partial charge in [-0.05, 0) is 6.92 Å². The Bertz CT molecular complexity index is 459. The molecule has 0 fully saturated rings. The zero-order chi connectivity index (χ0) is 9.47. The van der Waals surface area contributed by atoms with E-state index in [1.165, 1.54) is 11.3 Å². The summed E-state index contributed by atoms with van der Waals surface area (Å²) in [4.78, 5) is 4.42. The molecule has 0 aliphatic carbocycles. The van der Waals surface area contributed by atoms with Gasteiger partial charge >= 0.3 is 0 Å². The first-order valence-electron chi connectivity index (χ1n) is 3.79. The molecule has 1 N–H and O–H groups in total. The smallest absolute Gasteiger partial charge is 0.264 e. The number of hydrogen-bond acceptors (Lipinski definition) is 4.